The topological polar surface area (TPSA) is 103 Å². The Hall–Kier alpha value is -3.46. The molecule has 2 aromatic rings. The Kier molecular flexibility index (Phi) is 6.43. The largest absolute Gasteiger partial charge is 0.504 e. The molecule has 0 radical (unpaired) electrons. The van der Waals surface area contributed by atoms with Crippen molar-refractivity contribution < 1.29 is 19.7 Å². The van der Waals surface area contributed by atoms with E-state index in [1.54, 1.807) is 24.3 Å². The summed E-state index contributed by atoms with van der Waals surface area (Å²) in [5.74, 6) is -0.0497. The second-order valence-electron chi connectivity index (χ2n) is 5.21. The Balaban J connectivity index is 1.77. The lowest BCUT2D eigenvalue weighted by Crippen LogP contribution is -2.23. The van der Waals surface area contributed by atoms with Crippen LogP contribution in [-0.2, 0) is 11.2 Å². The Bertz CT molecular complexity index is 792. The lowest BCUT2D eigenvalue weighted by atomic mass is 10.1. The molecular weight excluding hydrogens is 320 g/mol. The third kappa shape index (κ3) is 5.92. The first-order valence-corrected chi connectivity index (χ1v) is 7.65. The van der Waals surface area contributed by atoms with Crippen molar-refractivity contribution in [1.82, 2.24) is 5.32 Å². The predicted molar refractivity (Wildman–Crippen MR) is 93.1 cm³/mol. The first-order chi connectivity index (χ1) is 12.1. The summed E-state index contributed by atoms with van der Waals surface area (Å²) in [5, 5.41) is 29.8. The van der Waals surface area contributed by atoms with E-state index in [1.807, 2.05) is 18.2 Å². The van der Waals surface area contributed by atoms with E-state index in [4.69, 9.17) is 10.00 Å². The number of carbonyl (C=O) groups is 1. The van der Waals surface area contributed by atoms with E-state index in [1.165, 1.54) is 18.2 Å². The molecule has 3 N–H and O–H groups in total. The number of nitriles is 1. The number of aromatic hydroxyl groups is 2. The van der Waals surface area contributed by atoms with Gasteiger partial charge in [-0.3, -0.25) is 4.79 Å². The Morgan fingerprint density at radius 1 is 1.16 bits per heavy atom. The third-order valence-corrected chi connectivity index (χ3v) is 3.37. The normalized spacial score (nSPS) is 10.4. The zero-order valence-corrected chi connectivity index (χ0v) is 13.5. The van der Waals surface area contributed by atoms with Crippen LogP contribution >= 0.6 is 0 Å². The SMILES string of the molecule is N#CCOc1ccc(CCNC(=O)/C=C/c2ccc(O)c(O)c2)cc1. The maximum atomic E-state index is 11.8. The van der Waals surface area contributed by atoms with Crippen molar-refractivity contribution in [2.75, 3.05) is 13.2 Å². The van der Waals surface area contributed by atoms with Crippen molar-refractivity contribution in [2.45, 2.75) is 6.42 Å². The highest BCUT2D eigenvalue weighted by atomic mass is 16.5. The van der Waals surface area contributed by atoms with Crippen LogP contribution in [0.4, 0.5) is 0 Å². The second kappa shape index (κ2) is 8.99. The third-order valence-electron chi connectivity index (χ3n) is 3.37. The molecule has 0 unspecified atom stereocenters. The molecule has 2 aromatic carbocycles. The molecule has 0 fully saturated rings. The van der Waals surface area contributed by atoms with Gasteiger partial charge in [0, 0.05) is 12.6 Å². The summed E-state index contributed by atoms with van der Waals surface area (Å²) in [7, 11) is 0. The molecule has 0 aromatic heterocycles. The Morgan fingerprint density at radius 2 is 1.92 bits per heavy atom. The summed E-state index contributed by atoms with van der Waals surface area (Å²) < 4.78 is 5.17. The number of amides is 1. The van der Waals surface area contributed by atoms with Crippen LogP contribution in [-0.4, -0.2) is 29.3 Å². The molecule has 0 heterocycles. The lowest BCUT2D eigenvalue weighted by molar-refractivity contribution is -0.116. The highest BCUT2D eigenvalue weighted by molar-refractivity contribution is 5.91. The first kappa shape index (κ1) is 17.9. The molecule has 25 heavy (non-hydrogen) atoms. The molecule has 0 atom stereocenters. The number of rotatable bonds is 7. The van der Waals surface area contributed by atoms with E-state index >= 15 is 0 Å². The highest BCUT2D eigenvalue weighted by Gasteiger charge is 2.00. The minimum atomic E-state index is -0.249. The molecule has 0 aliphatic carbocycles. The van der Waals surface area contributed by atoms with Crippen LogP contribution in [0.5, 0.6) is 17.2 Å². The summed E-state index contributed by atoms with van der Waals surface area (Å²) in [6, 6.07) is 13.6. The number of benzene rings is 2. The van der Waals surface area contributed by atoms with Gasteiger partial charge >= 0.3 is 0 Å². The van der Waals surface area contributed by atoms with E-state index in [-0.39, 0.29) is 24.0 Å². The maximum absolute atomic E-state index is 11.8. The van der Waals surface area contributed by atoms with Crippen LogP contribution in [0.1, 0.15) is 11.1 Å². The molecule has 1 amide bonds. The molecule has 6 nitrogen and oxygen atoms in total. The van der Waals surface area contributed by atoms with E-state index in [0.29, 0.717) is 24.3 Å². The summed E-state index contributed by atoms with van der Waals surface area (Å²) in [5.41, 5.74) is 1.65. The highest BCUT2D eigenvalue weighted by Crippen LogP contribution is 2.25. The van der Waals surface area contributed by atoms with Gasteiger partial charge in [-0.05, 0) is 47.9 Å². The average Bonchev–Trinajstić information content (AvgIpc) is 2.62. The van der Waals surface area contributed by atoms with E-state index in [9.17, 15) is 15.0 Å². The molecule has 0 saturated heterocycles. The van der Waals surface area contributed by atoms with E-state index < -0.39 is 0 Å². The quantitative estimate of drug-likeness (QED) is 0.531. The van der Waals surface area contributed by atoms with Gasteiger partial charge in [-0.25, -0.2) is 0 Å². The second-order valence-corrected chi connectivity index (χ2v) is 5.21. The van der Waals surface area contributed by atoms with Crippen LogP contribution in [0, 0.1) is 11.3 Å². The van der Waals surface area contributed by atoms with Crippen LogP contribution in [0.3, 0.4) is 0 Å². The molecular formula is C19H18N2O4. The fraction of sp³-hybridized carbons (Fsp3) is 0.158. The van der Waals surface area contributed by atoms with Gasteiger partial charge in [-0.1, -0.05) is 18.2 Å². The van der Waals surface area contributed by atoms with Crippen molar-refractivity contribution in [1.29, 1.82) is 5.26 Å². The van der Waals surface area contributed by atoms with Gasteiger partial charge in [0.05, 0.1) is 0 Å². The van der Waals surface area contributed by atoms with Gasteiger partial charge in [0.1, 0.15) is 11.8 Å². The summed E-state index contributed by atoms with van der Waals surface area (Å²) in [6.07, 6.45) is 3.58. The number of hydrogen-bond donors (Lipinski definition) is 3. The van der Waals surface area contributed by atoms with Crippen molar-refractivity contribution in [3.8, 4) is 23.3 Å². The number of carbonyl (C=O) groups excluding carboxylic acids is 1. The predicted octanol–water partition coefficient (Wildman–Crippen LogP) is 2.37. The molecule has 0 aliphatic rings. The smallest absolute Gasteiger partial charge is 0.244 e. The molecule has 6 heteroatoms. The van der Waals surface area contributed by atoms with Crippen LogP contribution < -0.4 is 10.1 Å². The van der Waals surface area contributed by atoms with Crippen molar-refractivity contribution in [3.05, 3.63) is 59.7 Å². The van der Waals surface area contributed by atoms with Crippen molar-refractivity contribution in [3.63, 3.8) is 0 Å². The number of ether oxygens (including phenoxy) is 1. The average molecular weight is 338 g/mol. The first-order valence-electron chi connectivity index (χ1n) is 7.65. The summed E-state index contributed by atoms with van der Waals surface area (Å²) in [6.45, 7) is 0.489. The molecule has 0 spiro atoms. The van der Waals surface area contributed by atoms with E-state index in [2.05, 4.69) is 5.32 Å². The van der Waals surface area contributed by atoms with Gasteiger partial charge in [0.25, 0.3) is 0 Å². The van der Waals surface area contributed by atoms with Gasteiger partial charge in [0.2, 0.25) is 5.91 Å². The Morgan fingerprint density at radius 3 is 2.60 bits per heavy atom. The fourth-order valence-electron chi connectivity index (χ4n) is 2.07. The van der Waals surface area contributed by atoms with Crippen molar-refractivity contribution in [2.24, 2.45) is 0 Å². The van der Waals surface area contributed by atoms with Crippen LogP contribution in [0.15, 0.2) is 48.5 Å². The fourth-order valence-corrected chi connectivity index (χ4v) is 2.07. The lowest BCUT2D eigenvalue weighted by Gasteiger charge is -2.05. The summed E-state index contributed by atoms with van der Waals surface area (Å²) in [4.78, 5) is 11.8. The number of nitrogens with one attached hydrogen (secondary N) is 1. The molecule has 128 valence electrons. The van der Waals surface area contributed by atoms with Crippen LogP contribution in [0.2, 0.25) is 0 Å². The van der Waals surface area contributed by atoms with Gasteiger partial charge in [0.15, 0.2) is 18.1 Å². The number of phenols is 2. The zero-order valence-electron chi connectivity index (χ0n) is 13.5. The zero-order chi connectivity index (χ0) is 18.1. The van der Waals surface area contributed by atoms with Gasteiger partial charge in [-0.15, -0.1) is 0 Å². The monoisotopic (exact) mass is 338 g/mol. The maximum Gasteiger partial charge on any atom is 0.244 e. The van der Waals surface area contributed by atoms with Crippen LogP contribution in [0.25, 0.3) is 6.08 Å². The van der Waals surface area contributed by atoms with Gasteiger partial charge in [-0.2, -0.15) is 5.26 Å². The van der Waals surface area contributed by atoms with Crippen molar-refractivity contribution >= 4 is 12.0 Å². The standard InChI is InChI=1S/C19H18N2O4/c20-10-12-25-16-5-1-14(2-6-16)9-11-21-19(24)8-4-15-3-7-17(22)18(23)13-15/h1-8,13,22-23H,9,11-12H2,(H,21,24)/b8-4+. The number of nitrogens with zero attached hydrogens (tertiary/aromatic N) is 1. The molecule has 2 rings (SSSR count). The van der Waals surface area contributed by atoms with E-state index in [0.717, 1.165) is 5.56 Å². The molecule has 0 bridgehead atoms. The molecule has 0 saturated carbocycles. The summed E-state index contributed by atoms with van der Waals surface area (Å²) >= 11 is 0. The Labute approximate surface area is 145 Å². The minimum Gasteiger partial charge on any atom is -0.504 e. The molecule has 0 aliphatic heterocycles. The number of hydrogen-bond acceptors (Lipinski definition) is 5. The minimum absolute atomic E-state index is 0.0144. The number of phenolic OH excluding ortho intramolecular Hbond substituents is 2. The van der Waals surface area contributed by atoms with Gasteiger partial charge < -0.3 is 20.3 Å².